The van der Waals surface area contributed by atoms with Crippen LogP contribution in [0.4, 0.5) is 5.69 Å². The van der Waals surface area contributed by atoms with Gasteiger partial charge in [-0.25, -0.2) is 8.42 Å². The van der Waals surface area contributed by atoms with E-state index in [2.05, 4.69) is 5.32 Å². The van der Waals surface area contributed by atoms with Crippen molar-refractivity contribution in [2.24, 2.45) is 0 Å². The van der Waals surface area contributed by atoms with Crippen LogP contribution in [-0.2, 0) is 14.8 Å². The van der Waals surface area contributed by atoms with E-state index in [9.17, 15) is 13.2 Å². The zero-order chi connectivity index (χ0) is 20.9. The van der Waals surface area contributed by atoms with Crippen LogP contribution in [0.5, 0.6) is 11.5 Å². The maximum atomic E-state index is 13.1. The van der Waals surface area contributed by atoms with Gasteiger partial charge in [0.05, 0.1) is 18.1 Å². The van der Waals surface area contributed by atoms with Crippen molar-refractivity contribution >= 4 is 21.6 Å². The van der Waals surface area contributed by atoms with Crippen molar-refractivity contribution in [1.82, 2.24) is 4.31 Å². The van der Waals surface area contributed by atoms with Crippen LogP contribution < -0.4 is 14.8 Å². The number of nitrogens with zero attached hydrogens (tertiary/aromatic N) is 1. The zero-order valence-electron chi connectivity index (χ0n) is 16.6. The molecule has 0 spiro atoms. The van der Waals surface area contributed by atoms with Crippen molar-refractivity contribution in [3.63, 3.8) is 0 Å². The van der Waals surface area contributed by atoms with Gasteiger partial charge in [0.25, 0.3) is 0 Å². The molecular formula is C21H26N2O5S. The number of rotatable bonds is 8. The fourth-order valence-electron chi connectivity index (χ4n) is 3.33. The van der Waals surface area contributed by atoms with Crippen molar-refractivity contribution in [1.29, 1.82) is 0 Å². The van der Waals surface area contributed by atoms with Crippen molar-refractivity contribution in [2.75, 3.05) is 25.1 Å². The fourth-order valence-corrected chi connectivity index (χ4v) is 4.98. The van der Waals surface area contributed by atoms with E-state index in [1.54, 1.807) is 36.4 Å². The van der Waals surface area contributed by atoms with Crippen LogP contribution in [0.15, 0.2) is 53.4 Å². The Morgan fingerprint density at radius 3 is 2.10 bits per heavy atom. The summed E-state index contributed by atoms with van der Waals surface area (Å²) in [4.78, 5) is 12.9. The highest BCUT2D eigenvalue weighted by atomic mass is 32.2. The molecule has 1 heterocycles. The summed E-state index contributed by atoms with van der Waals surface area (Å²) in [6.45, 7) is 5.15. The van der Waals surface area contributed by atoms with Crippen LogP contribution in [0, 0.1) is 0 Å². The first kappa shape index (κ1) is 21.1. The molecule has 1 amide bonds. The number of carbonyl (C=O) groups excluding carboxylic acids is 1. The van der Waals surface area contributed by atoms with E-state index in [0.29, 0.717) is 49.8 Å². The van der Waals surface area contributed by atoms with Crippen LogP contribution in [0.1, 0.15) is 26.7 Å². The average molecular weight is 419 g/mol. The molecule has 1 aliphatic rings. The topological polar surface area (TPSA) is 84.9 Å². The third kappa shape index (κ3) is 4.89. The van der Waals surface area contributed by atoms with Gasteiger partial charge in [0, 0.05) is 12.2 Å². The molecule has 29 heavy (non-hydrogen) atoms. The zero-order valence-corrected chi connectivity index (χ0v) is 17.4. The molecule has 0 bridgehead atoms. The van der Waals surface area contributed by atoms with Crippen LogP contribution in [0.25, 0.3) is 0 Å². The molecule has 7 nitrogen and oxygen atoms in total. The Morgan fingerprint density at radius 1 is 1.00 bits per heavy atom. The maximum Gasteiger partial charge on any atom is 0.243 e. The maximum absolute atomic E-state index is 13.1. The quantitative estimate of drug-likeness (QED) is 0.711. The second-order valence-corrected chi connectivity index (χ2v) is 8.52. The van der Waals surface area contributed by atoms with Gasteiger partial charge < -0.3 is 14.8 Å². The SMILES string of the molecule is CCOc1ccc(NC(=O)[C@@H]2CCCN2S(=O)(=O)c2ccc(OCC)cc2)cc1. The molecule has 1 fully saturated rings. The molecule has 8 heteroatoms. The Hall–Kier alpha value is -2.58. The highest BCUT2D eigenvalue weighted by Crippen LogP contribution is 2.28. The first-order valence-corrected chi connectivity index (χ1v) is 11.2. The lowest BCUT2D eigenvalue weighted by Crippen LogP contribution is -2.43. The normalized spacial score (nSPS) is 17.1. The molecule has 2 aromatic carbocycles. The lowest BCUT2D eigenvalue weighted by molar-refractivity contribution is -0.119. The molecule has 2 aromatic rings. The van der Waals surface area contributed by atoms with Crippen LogP contribution >= 0.6 is 0 Å². The number of anilines is 1. The molecule has 156 valence electrons. The summed E-state index contributed by atoms with van der Waals surface area (Å²) in [5.41, 5.74) is 0.601. The molecule has 1 N–H and O–H groups in total. The smallest absolute Gasteiger partial charge is 0.243 e. The first-order chi connectivity index (χ1) is 14.0. The molecule has 1 atom stereocenters. The highest BCUT2D eigenvalue weighted by Gasteiger charge is 2.39. The van der Waals surface area contributed by atoms with Crippen molar-refractivity contribution in [2.45, 2.75) is 37.6 Å². The van der Waals surface area contributed by atoms with Crippen molar-refractivity contribution in [3.8, 4) is 11.5 Å². The number of hydrogen-bond donors (Lipinski definition) is 1. The number of nitrogens with one attached hydrogen (secondary N) is 1. The van der Waals surface area contributed by atoms with E-state index in [0.717, 1.165) is 0 Å². The minimum Gasteiger partial charge on any atom is -0.494 e. The minimum atomic E-state index is -3.77. The molecule has 0 aromatic heterocycles. The lowest BCUT2D eigenvalue weighted by Gasteiger charge is -2.23. The Bertz CT molecular complexity index is 927. The van der Waals surface area contributed by atoms with E-state index in [-0.39, 0.29) is 10.8 Å². The molecule has 1 aliphatic heterocycles. The molecule has 0 saturated carbocycles. The standard InChI is InChI=1S/C21H26N2O5S/c1-3-27-17-9-7-16(8-10-17)22-21(24)20-6-5-15-23(20)29(25,26)19-13-11-18(12-14-19)28-4-2/h7-14,20H,3-6,15H2,1-2H3,(H,22,24)/t20-/m0/s1. The summed E-state index contributed by atoms with van der Waals surface area (Å²) in [5.74, 6) is 0.991. The lowest BCUT2D eigenvalue weighted by atomic mass is 10.2. The van der Waals surface area contributed by atoms with Gasteiger partial charge in [-0.1, -0.05) is 0 Å². The first-order valence-electron chi connectivity index (χ1n) is 9.74. The minimum absolute atomic E-state index is 0.154. The second-order valence-electron chi connectivity index (χ2n) is 6.62. The Balaban J connectivity index is 1.73. The Kier molecular flexibility index (Phi) is 6.76. The number of carbonyl (C=O) groups is 1. The fraction of sp³-hybridized carbons (Fsp3) is 0.381. The van der Waals surface area contributed by atoms with Gasteiger partial charge in [-0.15, -0.1) is 0 Å². The van der Waals surface area contributed by atoms with Crippen molar-refractivity contribution in [3.05, 3.63) is 48.5 Å². The summed E-state index contributed by atoms with van der Waals surface area (Å²) >= 11 is 0. The summed E-state index contributed by atoms with van der Waals surface area (Å²) in [6.07, 6.45) is 1.12. The van der Waals surface area contributed by atoms with Gasteiger partial charge in [0.15, 0.2) is 0 Å². The Morgan fingerprint density at radius 2 is 1.55 bits per heavy atom. The van der Waals surface area contributed by atoms with E-state index in [4.69, 9.17) is 9.47 Å². The second kappa shape index (κ2) is 9.28. The predicted octanol–water partition coefficient (Wildman–Crippen LogP) is 3.28. The molecular weight excluding hydrogens is 392 g/mol. The molecule has 1 saturated heterocycles. The number of hydrogen-bond acceptors (Lipinski definition) is 5. The van der Waals surface area contributed by atoms with Crippen LogP contribution in [0.3, 0.4) is 0 Å². The highest BCUT2D eigenvalue weighted by molar-refractivity contribution is 7.89. The number of amides is 1. The summed E-state index contributed by atoms with van der Waals surface area (Å²) in [6, 6.07) is 12.6. The monoisotopic (exact) mass is 418 g/mol. The van der Waals surface area contributed by atoms with Gasteiger partial charge in [-0.05, 0) is 75.2 Å². The molecule has 0 aliphatic carbocycles. The van der Waals surface area contributed by atoms with Gasteiger partial charge >= 0.3 is 0 Å². The van der Waals surface area contributed by atoms with Crippen LogP contribution in [-0.4, -0.2) is 44.4 Å². The van der Waals surface area contributed by atoms with E-state index in [1.165, 1.54) is 16.4 Å². The molecule has 0 unspecified atom stereocenters. The van der Waals surface area contributed by atoms with Gasteiger partial charge in [-0.3, -0.25) is 4.79 Å². The third-order valence-corrected chi connectivity index (χ3v) is 6.60. The van der Waals surface area contributed by atoms with Gasteiger partial charge in [-0.2, -0.15) is 4.31 Å². The van der Waals surface area contributed by atoms with E-state index >= 15 is 0 Å². The average Bonchev–Trinajstić information content (AvgIpc) is 3.21. The number of benzene rings is 2. The summed E-state index contributed by atoms with van der Waals surface area (Å²) < 4.78 is 38.2. The largest absolute Gasteiger partial charge is 0.494 e. The van der Waals surface area contributed by atoms with Crippen molar-refractivity contribution < 1.29 is 22.7 Å². The van der Waals surface area contributed by atoms with Crippen LogP contribution in [0.2, 0.25) is 0 Å². The number of sulfonamides is 1. The summed E-state index contributed by atoms with van der Waals surface area (Å²) in [5, 5.41) is 2.81. The van der Waals surface area contributed by atoms with E-state index in [1.807, 2.05) is 13.8 Å². The predicted molar refractivity (Wildman–Crippen MR) is 111 cm³/mol. The summed E-state index contributed by atoms with van der Waals surface area (Å²) in [7, 11) is -3.77. The number of ether oxygens (including phenoxy) is 2. The Labute approximate surface area is 171 Å². The molecule has 3 rings (SSSR count). The molecule has 0 radical (unpaired) electrons. The van der Waals surface area contributed by atoms with Gasteiger partial charge in [0.1, 0.15) is 17.5 Å². The third-order valence-electron chi connectivity index (χ3n) is 4.68. The van der Waals surface area contributed by atoms with Gasteiger partial charge in [0.2, 0.25) is 15.9 Å². The van der Waals surface area contributed by atoms with E-state index < -0.39 is 16.1 Å².